The van der Waals surface area contributed by atoms with Crippen LogP contribution in [0.5, 0.6) is 0 Å². The molecule has 7 heteroatoms. The van der Waals surface area contributed by atoms with E-state index in [2.05, 4.69) is 10.6 Å². The predicted octanol–water partition coefficient (Wildman–Crippen LogP) is 0.942. The van der Waals surface area contributed by atoms with Gasteiger partial charge in [-0.05, 0) is 31.0 Å². The normalized spacial score (nSPS) is 21.3. The summed E-state index contributed by atoms with van der Waals surface area (Å²) in [7, 11) is 0. The van der Waals surface area contributed by atoms with Gasteiger partial charge in [0.25, 0.3) is 5.91 Å². The van der Waals surface area contributed by atoms with Crippen molar-refractivity contribution in [3.05, 3.63) is 35.4 Å². The Morgan fingerprint density at radius 1 is 1.33 bits per heavy atom. The molecular weight excluding hydrogens is 324 g/mol. The maximum Gasteiger partial charge on any atom is 0.251 e. The lowest BCUT2D eigenvalue weighted by molar-refractivity contribution is -0.133. The molecule has 1 aromatic carbocycles. The molecule has 1 atom stereocenters. The number of carbonyl (C=O) groups is 2. The van der Waals surface area contributed by atoms with Crippen LogP contribution in [0.15, 0.2) is 24.3 Å². The van der Waals surface area contributed by atoms with Crippen molar-refractivity contribution < 1.29 is 9.59 Å². The minimum absolute atomic E-state index is 0.0603. The molecule has 2 heterocycles. The van der Waals surface area contributed by atoms with Crippen molar-refractivity contribution in [1.29, 1.82) is 5.26 Å². The Balaban J connectivity index is 1.50. The van der Waals surface area contributed by atoms with E-state index >= 15 is 0 Å². The molecule has 2 aliphatic heterocycles. The molecule has 2 saturated heterocycles. The number of rotatable bonds is 3. The van der Waals surface area contributed by atoms with Crippen molar-refractivity contribution in [3.63, 3.8) is 0 Å². The van der Waals surface area contributed by atoms with Crippen molar-refractivity contribution in [2.75, 3.05) is 24.7 Å². The number of likely N-dealkylation sites (tertiary alicyclic amines) is 1. The van der Waals surface area contributed by atoms with E-state index in [0.29, 0.717) is 24.2 Å². The Labute approximate surface area is 145 Å². The number of amides is 2. The van der Waals surface area contributed by atoms with Crippen molar-refractivity contribution in [2.24, 2.45) is 0 Å². The van der Waals surface area contributed by atoms with Gasteiger partial charge in [-0.1, -0.05) is 6.07 Å². The van der Waals surface area contributed by atoms with E-state index in [0.717, 1.165) is 24.5 Å². The average Bonchev–Trinajstić information content (AvgIpc) is 3.16. The number of nitrogens with one attached hydrogen (secondary N) is 2. The third kappa shape index (κ3) is 3.89. The predicted molar refractivity (Wildman–Crippen MR) is 92.5 cm³/mol. The van der Waals surface area contributed by atoms with Crippen LogP contribution in [0, 0.1) is 11.3 Å². The van der Waals surface area contributed by atoms with Gasteiger partial charge >= 0.3 is 0 Å². The van der Waals surface area contributed by atoms with Crippen LogP contribution in [-0.4, -0.2) is 53.5 Å². The number of benzene rings is 1. The van der Waals surface area contributed by atoms with Gasteiger partial charge in [-0.15, -0.1) is 11.8 Å². The maximum atomic E-state index is 12.4. The quantitative estimate of drug-likeness (QED) is 0.852. The maximum absolute atomic E-state index is 12.4. The minimum Gasteiger partial charge on any atom is -0.349 e. The average molecular weight is 344 g/mol. The van der Waals surface area contributed by atoms with Gasteiger partial charge in [0, 0.05) is 36.3 Å². The first-order valence-corrected chi connectivity index (χ1v) is 9.24. The van der Waals surface area contributed by atoms with Gasteiger partial charge in [0.1, 0.15) is 0 Å². The minimum atomic E-state index is -0.161. The van der Waals surface area contributed by atoms with Crippen LogP contribution in [0.1, 0.15) is 28.8 Å². The lowest BCUT2D eigenvalue weighted by atomic mass is 10.0. The first-order valence-electron chi connectivity index (χ1n) is 8.08. The summed E-state index contributed by atoms with van der Waals surface area (Å²) in [6, 6.07) is 8.73. The SMILES string of the molecule is N#Cc1cccc(C(=O)NC2CCN(C(=O)C3CSCN3)CC2)c1. The van der Waals surface area contributed by atoms with E-state index in [1.807, 2.05) is 11.0 Å². The summed E-state index contributed by atoms with van der Waals surface area (Å²) >= 11 is 1.75. The summed E-state index contributed by atoms with van der Waals surface area (Å²) in [4.78, 5) is 26.5. The lowest BCUT2D eigenvalue weighted by Gasteiger charge is -2.33. The van der Waals surface area contributed by atoms with Gasteiger partial charge in [0.15, 0.2) is 0 Å². The highest BCUT2D eigenvalue weighted by molar-refractivity contribution is 7.99. The number of hydrogen-bond acceptors (Lipinski definition) is 5. The molecule has 0 aromatic heterocycles. The fourth-order valence-electron chi connectivity index (χ4n) is 3.02. The Morgan fingerprint density at radius 3 is 2.79 bits per heavy atom. The molecule has 0 saturated carbocycles. The summed E-state index contributed by atoms with van der Waals surface area (Å²) in [6.07, 6.45) is 1.52. The Bertz CT molecular complexity index is 659. The second-order valence-electron chi connectivity index (χ2n) is 6.04. The van der Waals surface area contributed by atoms with Crippen molar-refractivity contribution in [2.45, 2.75) is 24.9 Å². The van der Waals surface area contributed by atoms with Crippen LogP contribution in [0.25, 0.3) is 0 Å². The molecule has 0 bridgehead atoms. The van der Waals surface area contributed by atoms with E-state index in [1.54, 1.807) is 36.0 Å². The van der Waals surface area contributed by atoms with Gasteiger partial charge in [-0.3, -0.25) is 14.9 Å². The van der Waals surface area contributed by atoms with Gasteiger partial charge in [0.2, 0.25) is 5.91 Å². The molecule has 2 aliphatic rings. The highest BCUT2D eigenvalue weighted by Gasteiger charge is 2.30. The molecule has 2 N–H and O–H groups in total. The highest BCUT2D eigenvalue weighted by Crippen LogP contribution is 2.16. The largest absolute Gasteiger partial charge is 0.349 e. The third-order valence-corrected chi connectivity index (χ3v) is 5.35. The Kier molecular flexibility index (Phi) is 5.38. The van der Waals surface area contributed by atoms with Crippen LogP contribution in [0.3, 0.4) is 0 Å². The zero-order valence-electron chi connectivity index (χ0n) is 13.3. The Morgan fingerprint density at radius 2 is 2.12 bits per heavy atom. The van der Waals surface area contributed by atoms with Gasteiger partial charge in [-0.2, -0.15) is 5.26 Å². The topological polar surface area (TPSA) is 85.2 Å². The molecule has 0 radical (unpaired) electrons. The summed E-state index contributed by atoms with van der Waals surface area (Å²) in [5, 5.41) is 15.1. The standard InChI is InChI=1S/C17H20N4O2S/c18-9-12-2-1-3-13(8-12)16(22)20-14-4-6-21(7-5-14)17(23)15-10-24-11-19-15/h1-3,8,14-15,19H,4-7,10-11H2,(H,20,22). The van der Waals surface area contributed by atoms with Crippen molar-refractivity contribution >= 4 is 23.6 Å². The van der Waals surface area contributed by atoms with E-state index in [1.165, 1.54) is 0 Å². The number of nitrogens with zero attached hydrogens (tertiary/aromatic N) is 2. The molecule has 126 valence electrons. The lowest BCUT2D eigenvalue weighted by Crippen LogP contribution is -2.51. The highest BCUT2D eigenvalue weighted by atomic mass is 32.2. The number of piperidine rings is 1. The molecule has 2 amide bonds. The Hall–Kier alpha value is -2.04. The van der Waals surface area contributed by atoms with Crippen molar-refractivity contribution in [3.8, 4) is 6.07 Å². The zero-order valence-corrected chi connectivity index (χ0v) is 14.1. The van der Waals surface area contributed by atoms with E-state index in [9.17, 15) is 9.59 Å². The zero-order chi connectivity index (χ0) is 16.9. The second-order valence-corrected chi connectivity index (χ2v) is 7.07. The molecular formula is C17H20N4O2S. The number of thioether (sulfide) groups is 1. The van der Waals surface area contributed by atoms with Gasteiger partial charge < -0.3 is 10.2 Å². The molecule has 0 aliphatic carbocycles. The molecule has 0 spiro atoms. The number of nitriles is 1. The van der Waals surface area contributed by atoms with Crippen LogP contribution >= 0.6 is 11.8 Å². The third-order valence-electron chi connectivity index (χ3n) is 4.41. The summed E-state index contributed by atoms with van der Waals surface area (Å²) in [6.45, 7) is 1.34. The molecule has 2 fully saturated rings. The van der Waals surface area contributed by atoms with Crippen LogP contribution in [0.2, 0.25) is 0 Å². The van der Waals surface area contributed by atoms with Crippen molar-refractivity contribution in [1.82, 2.24) is 15.5 Å². The molecule has 3 rings (SSSR count). The van der Waals surface area contributed by atoms with Crippen LogP contribution < -0.4 is 10.6 Å². The summed E-state index contributed by atoms with van der Waals surface area (Å²) < 4.78 is 0. The number of hydrogen-bond donors (Lipinski definition) is 2. The van der Waals surface area contributed by atoms with E-state index in [4.69, 9.17) is 5.26 Å². The monoisotopic (exact) mass is 344 g/mol. The van der Waals surface area contributed by atoms with Crippen LogP contribution in [0.4, 0.5) is 0 Å². The smallest absolute Gasteiger partial charge is 0.251 e. The second kappa shape index (κ2) is 7.69. The van der Waals surface area contributed by atoms with Crippen LogP contribution in [-0.2, 0) is 4.79 Å². The number of carbonyl (C=O) groups excluding carboxylic acids is 2. The van der Waals surface area contributed by atoms with Gasteiger partial charge in [-0.25, -0.2) is 0 Å². The van der Waals surface area contributed by atoms with E-state index < -0.39 is 0 Å². The molecule has 6 nitrogen and oxygen atoms in total. The molecule has 24 heavy (non-hydrogen) atoms. The van der Waals surface area contributed by atoms with Gasteiger partial charge in [0.05, 0.1) is 17.7 Å². The van der Waals surface area contributed by atoms with E-state index in [-0.39, 0.29) is 23.9 Å². The first-order chi connectivity index (χ1) is 11.7. The molecule has 1 aromatic rings. The fourth-order valence-corrected chi connectivity index (χ4v) is 3.95. The fraction of sp³-hybridized carbons (Fsp3) is 0.471. The summed E-state index contributed by atoms with van der Waals surface area (Å²) in [5.74, 6) is 1.69. The molecule has 1 unspecified atom stereocenters. The summed E-state index contributed by atoms with van der Waals surface area (Å²) in [5.41, 5.74) is 0.977. The first kappa shape index (κ1) is 16.8.